The number of benzene rings is 2. The van der Waals surface area contributed by atoms with Gasteiger partial charge in [-0.25, -0.2) is 0 Å². The second-order valence-electron chi connectivity index (χ2n) is 9.29. The molecule has 0 aliphatic carbocycles. The van der Waals surface area contributed by atoms with Crippen molar-refractivity contribution in [3.63, 3.8) is 0 Å². The van der Waals surface area contributed by atoms with E-state index in [4.69, 9.17) is 17.0 Å². The monoisotopic (exact) mass is 496 g/mol. The van der Waals surface area contributed by atoms with Gasteiger partial charge < -0.3 is 19.9 Å². The average Bonchev–Trinajstić information content (AvgIpc) is 2.84. The Kier molecular flexibility index (Phi) is 9.48. The molecule has 2 aromatic carbocycles. The number of amides is 2. The van der Waals surface area contributed by atoms with Crippen LogP contribution < -0.4 is 20.3 Å². The summed E-state index contributed by atoms with van der Waals surface area (Å²) in [5.74, 6) is 0.986. The fourth-order valence-corrected chi connectivity index (χ4v) is 4.02. The van der Waals surface area contributed by atoms with Gasteiger partial charge in [0.05, 0.1) is 6.10 Å². The number of thiocarbonyl (C=S) groups is 1. The lowest BCUT2D eigenvalue weighted by molar-refractivity contribution is -0.132. The third-order valence-electron chi connectivity index (χ3n) is 5.94. The van der Waals surface area contributed by atoms with Gasteiger partial charge in [-0.1, -0.05) is 26.8 Å². The summed E-state index contributed by atoms with van der Waals surface area (Å²) in [6.07, 6.45) is 1.57. The van der Waals surface area contributed by atoms with Gasteiger partial charge in [-0.05, 0) is 73.9 Å². The molecule has 1 saturated heterocycles. The van der Waals surface area contributed by atoms with Crippen LogP contribution >= 0.6 is 12.2 Å². The summed E-state index contributed by atoms with van der Waals surface area (Å²) in [7, 11) is 0. The molecule has 0 aromatic heterocycles. The summed E-state index contributed by atoms with van der Waals surface area (Å²) in [5, 5.41) is 6.02. The molecule has 2 N–H and O–H groups in total. The van der Waals surface area contributed by atoms with Gasteiger partial charge in [0.15, 0.2) is 5.11 Å². The number of hydrogen-bond acceptors (Lipinski definition) is 5. The highest BCUT2D eigenvalue weighted by atomic mass is 32.1. The van der Waals surface area contributed by atoms with Crippen LogP contribution in [0.4, 0.5) is 11.4 Å². The van der Waals surface area contributed by atoms with Gasteiger partial charge in [0.2, 0.25) is 5.91 Å². The van der Waals surface area contributed by atoms with E-state index in [9.17, 15) is 9.59 Å². The van der Waals surface area contributed by atoms with Gasteiger partial charge in [0.25, 0.3) is 5.91 Å². The number of anilines is 2. The molecule has 7 nitrogen and oxygen atoms in total. The summed E-state index contributed by atoms with van der Waals surface area (Å²) >= 11 is 5.34. The molecule has 0 bridgehead atoms. The quantitative estimate of drug-likeness (QED) is 0.517. The van der Waals surface area contributed by atoms with Crippen molar-refractivity contribution < 1.29 is 14.3 Å². The first-order valence-corrected chi connectivity index (χ1v) is 12.7. The van der Waals surface area contributed by atoms with E-state index in [1.807, 2.05) is 42.2 Å². The second-order valence-corrected chi connectivity index (χ2v) is 9.69. The lowest BCUT2D eigenvalue weighted by Crippen LogP contribution is -2.49. The summed E-state index contributed by atoms with van der Waals surface area (Å²) in [4.78, 5) is 29.1. The molecule has 2 amide bonds. The number of carbonyl (C=O) groups is 2. The molecule has 1 unspecified atom stereocenters. The summed E-state index contributed by atoms with van der Waals surface area (Å²) < 4.78 is 5.80. The van der Waals surface area contributed by atoms with Gasteiger partial charge in [-0.15, -0.1) is 0 Å². The minimum Gasteiger partial charge on any atom is -0.491 e. The normalized spacial score (nSPS) is 14.4. The SMILES string of the molecule is CCC(C)Oc1cccc(C(=O)NC(=S)Nc2ccc(N3CCN(C(=O)CC(C)C)CC3)cc2)c1. The standard InChI is InChI=1S/C27H36N4O3S/c1-5-20(4)34-24-8-6-7-21(18-24)26(33)29-27(35)28-22-9-11-23(12-10-22)30-13-15-31(16-14-30)25(32)17-19(2)3/h6-12,18-20H,5,13-17H2,1-4H3,(H2,28,29,33,35). The number of piperazine rings is 1. The molecule has 0 saturated carbocycles. The zero-order chi connectivity index (χ0) is 25.4. The van der Waals surface area contributed by atoms with E-state index in [-0.39, 0.29) is 23.0 Å². The average molecular weight is 497 g/mol. The summed E-state index contributed by atoms with van der Waals surface area (Å²) in [6.45, 7) is 11.3. The maximum Gasteiger partial charge on any atom is 0.257 e. The number of nitrogens with zero attached hydrogens (tertiary/aromatic N) is 2. The van der Waals surface area contributed by atoms with Crippen LogP contribution in [-0.2, 0) is 4.79 Å². The van der Waals surface area contributed by atoms with Gasteiger partial charge in [-0.3, -0.25) is 14.9 Å². The molecule has 8 heteroatoms. The van der Waals surface area contributed by atoms with E-state index in [0.29, 0.717) is 23.7 Å². The molecule has 2 aromatic rings. The maximum atomic E-state index is 12.6. The predicted molar refractivity (Wildman–Crippen MR) is 145 cm³/mol. The molecule has 3 rings (SSSR count). The number of nitrogens with one attached hydrogen (secondary N) is 2. The van der Waals surface area contributed by atoms with E-state index >= 15 is 0 Å². The fraction of sp³-hybridized carbons (Fsp3) is 0.444. The Morgan fingerprint density at radius 2 is 1.71 bits per heavy atom. The third kappa shape index (κ3) is 7.96. The van der Waals surface area contributed by atoms with Crippen LogP contribution in [0.25, 0.3) is 0 Å². The van der Waals surface area contributed by atoms with Crippen LogP contribution in [0.15, 0.2) is 48.5 Å². The predicted octanol–water partition coefficient (Wildman–Crippen LogP) is 4.69. The fourth-order valence-electron chi connectivity index (χ4n) is 3.81. The van der Waals surface area contributed by atoms with Gasteiger partial charge in [0.1, 0.15) is 5.75 Å². The molecule has 0 radical (unpaired) electrons. The molecule has 1 aliphatic rings. The molecule has 1 heterocycles. The summed E-state index contributed by atoms with van der Waals surface area (Å²) in [5.41, 5.74) is 2.37. The molecule has 0 spiro atoms. The Bertz CT molecular complexity index is 1020. The Morgan fingerprint density at radius 1 is 1.03 bits per heavy atom. The Hall–Kier alpha value is -3.13. The van der Waals surface area contributed by atoms with Crippen LogP contribution in [-0.4, -0.2) is 54.1 Å². The highest BCUT2D eigenvalue weighted by molar-refractivity contribution is 7.80. The molecular weight excluding hydrogens is 460 g/mol. The number of rotatable bonds is 8. The number of carbonyl (C=O) groups excluding carboxylic acids is 2. The van der Waals surface area contributed by atoms with E-state index in [0.717, 1.165) is 44.0 Å². The third-order valence-corrected chi connectivity index (χ3v) is 6.15. The highest BCUT2D eigenvalue weighted by Crippen LogP contribution is 2.20. The first kappa shape index (κ1) is 26.5. The first-order chi connectivity index (χ1) is 16.7. The van der Waals surface area contributed by atoms with Crippen LogP contribution in [0.3, 0.4) is 0 Å². The van der Waals surface area contributed by atoms with Crippen molar-refractivity contribution in [2.24, 2.45) is 5.92 Å². The Labute approximate surface area is 213 Å². The molecule has 188 valence electrons. The molecule has 1 atom stereocenters. The van der Waals surface area contributed by atoms with Crippen LogP contribution in [0.1, 0.15) is 50.9 Å². The smallest absolute Gasteiger partial charge is 0.257 e. The minimum atomic E-state index is -0.293. The topological polar surface area (TPSA) is 73.9 Å². The van der Waals surface area contributed by atoms with Crippen molar-refractivity contribution in [3.8, 4) is 5.75 Å². The lowest BCUT2D eigenvalue weighted by Gasteiger charge is -2.36. The molecule has 35 heavy (non-hydrogen) atoms. The van der Waals surface area contributed by atoms with Gasteiger partial charge in [0, 0.05) is 49.5 Å². The van der Waals surface area contributed by atoms with Gasteiger partial charge >= 0.3 is 0 Å². The van der Waals surface area contributed by atoms with Crippen LogP contribution in [0, 0.1) is 5.92 Å². The Morgan fingerprint density at radius 3 is 2.34 bits per heavy atom. The first-order valence-electron chi connectivity index (χ1n) is 12.3. The van der Waals surface area contributed by atoms with Crippen molar-refractivity contribution in [2.75, 3.05) is 36.4 Å². The highest BCUT2D eigenvalue weighted by Gasteiger charge is 2.21. The van der Waals surface area contributed by atoms with Crippen molar-refractivity contribution in [3.05, 3.63) is 54.1 Å². The summed E-state index contributed by atoms with van der Waals surface area (Å²) in [6, 6.07) is 15.0. The van der Waals surface area contributed by atoms with Crippen molar-refractivity contribution in [1.29, 1.82) is 0 Å². The lowest BCUT2D eigenvalue weighted by atomic mass is 10.1. The molecule has 1 aliphatic heterocycles. The van der Waals surface area contributed by atoms with E-state index in [2.05, 4.69) is 36.3 Å². The largest absolute Gasteiger partial charge is 0.491 e. The van der Waals surface area contributed by atoms with E-state index < -0.39 is 0 Å². The van der Waals surface area contributed by atoms with Crippen molar-refractivity contribution in [2.45, 2.75) is 46.6 Å². The number of ether oxygens (including phenoxy) is 1. The van der Waals surface area contributed by atoms with Gasteiger partial charge in [-0.2, -0.15) is 0 Å². The van der Waals surface area contributed by atoms with E-state index in [1.54, 1.807) is 18.2 Å². The second kappa shape index (κ2) is 12.5. The molecule has 1 fully saturated rings. The minimum absolute atomic E-state index is 0.0790. The zero-order valence-corrected chi connectivity index (χ0v) is 21.9. The van der Waals surface area contributed by atoms with Crippen molar-refractivity contribution in [1.82, 2.24) is 10.2 Å². The van der Waals surface area contributed by atoms with Crippen molar-refractivity contribution >= 4 is 40.5 Å². The maximum absolute atomic E-state index is 12.6. The van der Waals surface area contributed by atoms with E-state index in [1.165, 1.54) is 0 Å². The van der Waals surface area contributed by atoms with Crippen LogP contribution in [0.5, 0.6) is 5.75 Å². The zero-order valence-electron chi connectivity index (χ0n) is 21.0. The van der Waals surface area contributed by atoms with Crippen LogP contribution in [0.2, 0.25) is 0 Å². The number of hydrogen-bond donors (Lipinski definition) is 2. The molecular formula is C27H36N4O3S. The Balaban J connectivity index is 1.49.